The molecule has 0 aliphatic carbocycles. The Bertz CT molecular complexity index is 1100. The molecule has 0 spiro atoms. The minimum absolute atomic E-state index is 0.0534. The van der Waals surface area contributed by atoms with Crippen molar-refractivity contribution in [3.05, 3.63) is 57.8 Å². The number of benzene rings is 1. The number of piperazine rings is 1. The highest BCUT2D eigenvalue weighted by Gasteiger charge is 2.30. The normalized spacial score (nSPS) is 20.1. The molecule has 2 saturated heterocycles. The van der Waals surface area contributed by atoms with Crippen LogP contribution in [0.4, 0.5) is 0 Å². The summed E-state index contributed by atoms with van der Waals surface area (Å²) in [5.41, 5.74) is 2.61. The third-order valence-corrected chi connectivity index (χ3v) is 6.63. The van der Waals surface area contributed by atoms with Crippen LogP contribution in [0.1, 0.15) is 18.5 Å². The van der Waals surface area contributed by atoms with Crippen molar-refractivity contribution in [1.82, 2.24) is 19.2 Å². The first-order valence-corrected chi connectivity index (χ1v) is 11.3. The first-order valence-electron chi connectivity index (χ1n) is 10.4. The van der Waals surface area contributed by atoms with Crippen LogP contribution < -0.4 is 5.56 Å². The summed E-state index contributed by atoms with van der Waals surface area (Å²) in [6.07, 6.45) is 1.55. The molecule has 1 aromatic carbocycles. The van der Waals surface area contributed by atoms with Crippen LogP contribution in [0.5, 0.6) is 0 Å². The first kappa shape index (κ1) is 19.4. The van der Waals surface area contributed by atoms with E-state index in [0.717, 1.165) is 42.9 Å². The number of nitrogens with zero attached hydrogens (tertiary/aromatic N) is 4. The van der Waals surface area contributed by atoms with Crippen LogP contribution in [0.3, 0.4) is 0 Å². The van der Waals surface area contributed by atoms with E-state index in [4.69, 9.17) is 9.72 Å². The predicted octanol–water partition coefficient (Wildman–Crippen LogP) is 2.25. The molecule has 2 fully saturated rings. The van der Waals surface area contributed by atoms with Gasteiger partial charge in [-0.15, -0.1) is 11.3 Å². The molecular weight excluding hydrogens is 400 g/mol. The summed E-state index contributed by atoms with van der Waals surface area (Å²) in [6.45, 7) is 4.24. The summed E-state index contributed by atoms with van der Waals surface area (Å²) in [4.78, 5) is 34.9. The molecule has 156 valence electrons. The molecule has 5 rings (SSSR count). The van der Waals surface area contributed by atoms with E-state index in [1.54, 1.807) is 10.5 Å². The number of rotatable bonds is 4. The van der Waals surface area contributed by atoms with E-state index >= 15 is 0 Å². The van der Waals surface area contributed by atoms with Crippen LogP contribution in [0.25, 0.3) is 16.2 Å². The Hall–Kier alpha value is -2.55. The van der Waals surface area contributed by atoms with Gasteiger partial charge in [-0.2, -0.15) is 0 Å². The van der Waals surface area contributed by atoms with Crippen molar-refractivity contribution >= 4 is 22.2 Å². The second kappa shape index (κ2) is 8.29. The van der Waals surface area contributed by atoms with Crippen molar-refractivity contribution in [2.24, 2.45) is 0 Å². The van der Waals surface area contributed by atoms with Crippen molar-refractivity contribution in [2.45, 2.75) is 25.5 Å². The Kier molecular flexibility index (Phi) is 5.37. The average molecular weight is 425 g/mol. The fourth-order valence-corrected chi connectivity index (χ4v) is 5.11. The second-order valence-electron chi connectivity index (χ2n) is 7.79. The molecular formula is C22H24N4O3S. The second-order valence-corrected chi connectivity index (χ2v) is 8.63. The lowest BCUT2D eigenvalue weighted by molar-refractivity contribution is -0.142. The zero-order chi connectivity index (χ0) is 20.5. The van der Waals surface area contributed by atoms with Gasteiger partial charge >= 0.3 is 0 Å². The molecule has 8 heteroatoms. The maximum atomic E-state index is 12.8. The Morgan fingerprint density at radius 3 is 2.70 bits per heavy atom. The lowest BCUT2D eigenvalue weighted by atomic mass is 10.2. The minimum atomic E-state index is -0.252. The highest BCUT2D eigenvalue weighted by Crippen LogP contribution is 2.24. The van der Waals surface area contributed by atoms with Gasteiger partial charge in [0.15, 0.2) is 4.96 Å². The molecule has 0 bridgehead atoms. The third-order valence-electron chi connectivity index (χ3n) is 5.80. The van der Waals surface area contributed by atoms with E-state index in [1.807, 2.05) is 40.6 Å². The number of thiazole rings is 1. The zero-order valence-corrected chi connectivity index (χ0v) is 17.5. The SMILES string of the molecule is O=C(C1CCCO1)N1CCN(Cc2cc(=O)n3c(-c4ccccc4)csc3n2)CC1. The smallest absolute Gasteiger partial charge is 0.259 e. The lowest BCUT2D eigenvalue weighted by Crippen LogP contribution is -2.51. The number of aromatic nitrogens is 2. The predicted molar refractivity (Wildman–Crippen MR) is 116 cm³/mol. The fraction of sp³-hybridized carbons (Fsp3) is 0.409. The van der Waals surface area contributed by atoms with E-state index < -0.39 is 0 Å². The van der Waals surface area contributed by atoms with Crippen molar-refractivity contribution in [3.8, 4) is 11.3 Å². The lowest BCUT2D eigenvalue weighted by Gasteiger charge is -2.35. The van der Waals surface area contributed by atoms with Gasteiger partial charge in [0.2, 0.25) is 0 Å². The number of hydrogen-bond acceptors (Lipinski definition) is 6. The Morgan fingerprint density at radius 1 is 1.17 bits per heavy atom. The molecule has 0 saturated carbocycles. The topological polar surface area (TPSA) is 67.2 Å². The number of fused-ring (bicyclic) bond motifs is 1. The van der Waals surface area contributed by atoms with Gasteiger partial charge in [0, 0.05) is 50.8 Å². The monoisotopic (exact) mass is 424 g/mol. The van der Waals surface area contributed by atoms with Crippen LogP contribution in [0, 0.1) is 0 Å². The number of hydrogen-bond donors (Lipinski definition) is 0. The van der Waals surface area contributed by atoms with Crippen molar-refractivity contribution in [1.29, 1.82) is 0 Å². The summed E-state index contributed by atoms with van der Waals surface area (Å²) in [7, 11) is 0. The van der Waals surface area contributed by atoms with Crippen LogP contribution in [-0.4, -0.2) is 64.0 Å². The molecule has 1 amide bonds. The number of carbonyl (C=O) groups excluding carboxylic acids is 1. The Balaban J connectivity index is 1.27. The molecule has 1 unspecified atom stereocenters. The fourth-order valence-electron chi connectivity index (χ4n) is 4.19. The molecule has 1 atom stereocenters. The first-order chi connectivity index (χ1) is 14.7. The van der Waals surface area contributed by atoms with Crippen molar-refractivity contribution in [2.75, 3.05) is 32.8 Å². The Morgan fingerprint density at radius 2 is 1.97 bits per heavy atom. The molecule has 3 aromatic rings. The van der Waals surface area contributed by atoms with E-state index in [2.05, 4.69) is 4.90 Å². The standard InChI is InChI=1S/C22H24N4O3S/c27-20-13-17(23-22-26(20)18(15-30-22)16-5-2-1-3-6-16)14-24-8-10-25(11-9-24)21(28)19-7-4-12-29-19/h1-3,5-6,13,15,19H,4,7-12,14H2. The summed E-state index contributed by atoms with van der Waals surface area (Å²) in [5, 5.41) is 1.98. The highest BCUT2D eigenvalue weighted by atomic mass is 32.1. The third kappa shape index (κ3) is 3.78. The summed E-state index contributed by atoms with van der Waals surface area (Å²) in [5.74, 6) is 0.122. The highest BCUT2D eigenvalue weighted by molar-refractivity contribution is 7.15. The Labute approximate surface area is 178 Å². The van der Waals surface area contributed by atoms with E-state index in [0.29, 0.717) is 31.2 Å². The molecule has 2 aliphatic heterocycles. The molecule has 0 radical (unpaired) electrons. The molecule has 2 aromatic heterocycles. The number of carbonyl (C=O) groups is 1. The number of ether oxygens (including phenoxy) is 1. The molecule has 2 aliphatic rings. The van der Waals surface area contributed by atoms with Gasteiger partial charge in [-0.05, 0) is 18.4 Å². The van der Waals surface area contributed by atoms with Gasteiger partial charge in [0.1, 0.15) is 6.10 Å². The van der Waals surface area contributed by atoms with Gasteiger partial charge in [-0.3, -0.25) is 18.9 Å². The van der Waals surface area contributed by atoms with Gasteiger partial charge in [-0.1, -0.05) is 30.3 Å². The molecule has 7 nitrogen and oxygen atoms in total. The molecule has 0 N–H and O–H groups in total. The van der Waals surface area contributed by atoms with E-state index in [1.165, 1.54) is 11.3 Å². The molecule has 30 heavy (non-hydrogen) atoms. The summed E-state index contributed by atoms with van der Waals surface area (Å²) in [6, 6.07) is 11.5. The molecule has 4 heterocycles. The maximum Gasteiger partial charge on any atom is 0.259 e. The van der Waals surface area contributed by atoms with E-state index in [-0.39, 0.29) is 17.6 Å². The minimum Gasteiger partial charge on any atom is -0.368 e. The van der Waals surface area contributed by atoms with Crippen LogP contribution in [0.15, 0.2) is 46.6 Å². The summed E-state index contributed by atoms with van der Waals surface area (Å²) < 4.78 is 7.21. The van der Waals surface area contributed by atoms with Crippen molar-refractivity contribution in [3.63, 3.8) is 0 Å². The van der Waals surface area contributed by atoms with Gasteiger partial charge < -0.3 is 9.64 Å². The van der Waals surface area contributed by atoms with Crippen molar-refractivity contribution < 1.29 is 9.53 Å². The number of amides is 1. The van der Waals surface area contributed by atoms with E-state index in [9.17, 15) is 9.59 Å². The van der Waals surface area contributed by atoms with Crippen LogP contribution >= 0.6 is 11.3 Å². The van der Waals surface area contributed by atoms with Gasteiger partial charge in [-0.25, -0.2) is 4.98 Å². The van der Waals surface area contributed by atoms with Crippen LogP contribution in [-0.2, 0) is 16.1 Å². The quantitative estimate of drug-likeness (QED) is 0.643. The zero-order valence-electron chi connectivity index (χ0n) is 16.7. The average Bonchev–Trinajstić information content (AvgIpc) is 3.45. The largest absolute Gasteiger partial charge is 0.368 e. The van der Waals surface area contributed by atoms with Crippen LogP contribution in [0.2, 0.25) is 0 Å². The van der Waals surface area contributed by atoms with Gasteiger partial charge in [0.05, 0.1) is 11.4 Å². The van der Waals surface area contributed by atoms with Gasteiger partial charge in [0.25, 0.3) is 11.5 Å². The summed E-state index contributed by atoms with van der Waals surface area (Å²) >= 11 is 1.48. The maximum absolute atomic E-state index is 12.8.